The smallest absolute Gasteiger partial charge is 0.256 e. The average molecular weight is 265 g/mol. The van der Waals surface area contributed by atoms with E-state index in [2.05, 4.69) is 13.8 Å². The summed E-state index contributed by atoms with van der Waals surface area (Å²) in [4.78, 5) is 14.0. The highest BCUT2D eigenvalue weighted by molar-refractivity contribution is 5.94. The van der Waals surface area contributed by atoms with Crippen LogP contribution < -0.4 is 4.74 Å². The number of carbonyl (C=O) groups excluding carboxylic acids is 1. The molecule has 1 aliphatic rings. The second-order valence-corrected chi connectivity index (χ2v) is 5.39. The minimum Gasteiger partial charge on any atom is -0.497 e. The number of hydrogen-bond donors (Lipinski definition) is 0. The van der Waals surface area contributed by atoms with E-state index in [0.29, 0.717) is 24.1 Å². The summed E-state index contributed by atoms with van der Waals surface area (Å²) in [6.07, 6.45) is 1.00. The molecule has 0 spiro atoms. The lowest BCUT2D eigenvalue weighted by atomic mass is 9.95. The number of rotatable bonds is 3. The Morgan fingerprint density at radius 1 is 1.47 bits per heavy atom. The van der Waals surface area contributed by atoms with Gasteiger partial charge in [0.15, 0.2) is 0 Å². The van der Waals surface area contributed by atoms with E-state index in [4.69, 9.17) is 4.74 Å². The van der Waals surface area contributed by atoms with Crippen molar-refractivity contribution in [1.82, 2.24) is 4.90 Å². The highest BCUT2D eigenvalue weighted by Gasteiger charge is 2.29. The van der Waals surface area contributed by atoms with Crippen molar-refractivity contribution in [3.63, 3.8) is 0 Å². The van der Waals surface area contributed by atoms with E-state index in [1.54, 1.807) is 11.0 Å². The zero-order valence-corrected chi connectivity index (χ0v) is 11.6. The first kappa shape index (κ1) is 13.8. The van der Waals surface area contributed by atoms with Crippen LogP contribution in [0.2, 0.25) is 0 Å². The number of amides is 1. The summed E-state index contributed by atoms with van der Waals surface area (Å²) in [5, 5.41) is 0. The lowest BCUT2D eigenvalue weighted by Gasteiger charge is -2.18. The maximum atomic E-state index is 13.9. The molecule has 4 heteroatoms. The molecule has 1 aromatic carbocycles. The fourth-order valence-electron chi connectivity index (χ4n) is 2.48. The van der Waals surface area contributed by atoms with Crippen molar-refractivity contribution in [3.8, 4) is 5.75 Å². The van der Waals surface area contributed by atoms with Gasteiger partial charge in [0, 0.05) is 19.2 Å². The normalized spacial score (nSPS) is 19.0. The number of ether oxygens (including phenoxy) is 1. The topological polar surface area (TPSA) is 29.5 Å². The molecule has 1 unspecified atom stereocenters. The summed E-state index contributed by atoms with van der Waals surface area (Å²) in [6.45, 7) is 5.76. The number of likely N-dealkylation sites (tertiary alicyclic amines) is 1. The molecule has 0 saturated carbocycles. The average Bonchev–Trinajstić information content (AvgIpc) is 2.87. The largest absolute Gasteiger partial charge is 0.497 e. The predicted octanol–water partition coefficient (Wildman–Crippen LogP) is 2.95. The molecule has 104 valence electrons. The van der Waals surface area contributed by atoms with Gasteiger partial charge in [-0.25, -0.2) is 4.39 Å². The minimum absolute atomic E-state index is 0.130. The Balaban J connectivity index is 2.12. The highest BCUT2D eigenvalue weighted by Crippen LogP contribution is 2.26. The zero-order valence-electron chi connectivity index (χ0n) is 11.6. The molecular weight excluding hydrogens is 245 g/mol. The van der Waals surface area contributed by atoms with Gasteiger partial charge in [-0.3, -0.25) is 4.79 Å². The van der Waals surface area contributed by atoms with Crippen molar-refractivity contribution in [2.24, 2.45) is 11.8 Å². The Morgan fingerprint density at radius 3 is 2.74 bits per heavy atom. The van der Waals surface area contributed by atoms with Crippen LogP contribution in [0.1, 0.15) is 30.6 Å². The second kappa shape index (κ2) is 5.59. The summed E-state index contributed by atoms with van der Waals surface area (Å²) < 4.78 is 18.8. The van der Waals surface area contributed by atoms with E-state index in [1.807, 2.05) is 0 Å². The third kappa shape index (κ3) is 2.88. The summed E-state index contributed by atoms with van der Waals surface area (Å²) >= 11 is 0. The molecule has 1 amide bonds. The monoisotopic (exact) mass is 265 g/mol. The maximum Gasteiger partial charge on any atom is 0.256 e. The van der Waals surface area contributed by atoms with Crippen LogP contribution in [0.15, 0.2) is 18.2 Å². The van der Waals surface area contributed by atoms with Crippen molar-refractivity contribution in [1.29, 1.82) is 0 Å². The number of methoxy groups -OCH3 is 1. The van der Waals surface area contributed by atoms with Crippen LogP contribution in [0.25, 0.3) is 0 Å². The molecule has 1 aromatic rings. The standard InChI is InChI=1S/C15H20FNO2/c1-10(2)11-6-7-17(9-11)15(18)13-5-4-12(19-3)8-14(13)16/h4-5,8,10-11H,6-7,9H2,1-3H3. The SMILES string of the molecule is COc1ccc(C(=O)N2CCC(C(C)C)C2)c(F)c1. The van der Waals surface area contributed by atoms with Gasteiger partial charge < -0.3 is 9.64 Å². The van der Waals surface area contributed by atoms with Gasteiger partial charge in [-0.2, -0.15) is 0 Å². The van der Waals surface area contributed by atoms with Crippen LogP contribution in [-0.4, -0.2) is 31.0 Å². The Morgan fingerprint density at radius 2 is 2.21 bits per heavy atom. The highest BCUT2D eigenvalue weighted by atomic mass is 19.1. The first-order valence-electron chi connectivity index (χ1n) is 6.65. The molecule has 0 aliphatic carbocycles. The molecule has 0 aromatic heterocycles. The lowest BCUT2D eigenvalue weighted by molar-refractivity contribution is 0.0779. The van der Waals surface area contributed by atoms with Gasteiger partial charge in [0.2, 0.25) is 0 Å². The molecule has 1 fully saturated rings. The van der Waals surface area contributed by atoms with E-state index < -0.39 is 5.82 Å². The summed E-state index contributed by atoms with van der Waals surface area (Å²) in [6, 6.07) is 4.37. The van der Waals surface area contributed by atoms with E-state index in [-0.39, 0.29) is 11.5 Å². The molecule has 0 radical (unpaired) electrons. The van der Waals surface area contributed by atoms with Gasteiger partial charge in [-0.05, 0) is 30.4 Å². The van der Waals surface area contributed by atoms with Gasteiger partial charge in [-0.1, -0.05) is 13.8 Å². The molecule has 1 aliphatic heterocycles. The van der Waals surface area contributed by atoms with Gasteiger partial charge in [0.05, 0.1) is 12.7 Å². The Labute approximate surface area is 113 Å². The lowest BCUT2D eigenvalue weighted by Crippen LogP contribution is -2.30. The molecule has 0 N–H and O–H groups in total. The number of nitrogens with zero attached hydrogens (tertiary/aromatic N) is 1. The van der Waals surface area contributed by atoms with Gasteiger partial charge >= 0.3 is 0 Å². The molecule has 1 heterocycles. The van der Waals surface area contributed by atoms with Crippen LogP contribution in [0.4, 0.5) is 4.39 Å². The van der Waals surface area contributed by atoms with Gasteiger partial charge in [0.1, 0.15) is 11.6 Å². The van der Waals surface area contributed by atoms with E-state index in [9.17, 15) is 9.18 Å². The van der Waals surface area contributed by atoms with Crippen LogP contribution in [0, 0.1) is 17.7 Å². The van der Waals surface area contributed by atoms with Crippen LogP contribution >= 0.6 is 0 Å². The molecule has 19 heavy (non-hydrogen) atoms. The Kier molecular flexibility index (Phi) is 4.08. The molecule has 1 atom stereocenters. The summed E-state index contributed by atoms with van der Waals surface area (Å²) in [5.41, 5.74) is 0.130. The fraction of sp³-hybridized carbons (Fsp3) is 0.533. The molecule has 2 rings (SSSR count). The minimum atomic E-state index is -0.516. The number of benzene rings is 1. The van der Waals surface area contributed by atoms with Crippen molar-refractivity contribution < 1.29 is 13.9 Å². The molecule has 3 nitrogen and oxygen atoms in total. The third-order valence-corrected chi connectivity index (χ3v) is 3.86. The first-order valence-corrected chi connectivity index (χ1v) is 6.65. The van der Waals surface area contributed by atoms with E-state index in [0.717, 1.165) is 13.0 Å². The van der Waals surface area contributed by atoms with Crippen molar-refractivity contribution in [2.75, 3.05) is 20.2 Å². The van der Waals surface area contributed by atoms with Gasteiger partial charge in [0.25, 0.3) is 5.91 Å². The summed E-state index contributed by atoms with van der Waals surface area (Å²) in [5.74, 6) is 0.764. The number of hydrogen-bond acceptors (Lipinski definition) is 2. The molecular formula is C15H20FNO2. The summed E-state index contributed by atoms with van der Waals surface area (Å²) in [7, 11) is 1.48. The van der Waals surface area contributed by atoms with Crippen LogP contribution in [-0.2, 0) is 0 Å². The van der Waals surface area contributed by atoms with Crippen molar-refractivity contribution in [3.05, 3.63) is 29.6 Å². The van der Waals surface area contributed by atoms with E-state index in [1.165, 1.54) is 19.2 Å². The van der Waals surface area contributed by atoms with Gasteiger partial charge in [-0.15, -0.1) is 0 Å². The Hall–Kier alpha value is -1.58. The number of carbonyl (C=O) groups is 1. The second-order valence-electron chi connectivity index (χ2n) is 5.39. The molecule has 0 bridgehead atoms. The predicted molar refractivity (Wildman–Crippen MR) is 71.8 cm³/mol. The van der Waals surface area contributed by atoms with Crippen LogP contribution in [0.5, 0.6) is 5.75 Å². The zero-order chi connectivity index (χ0) is 14.0. The molecule has 1 saturated heterocycles. The van der Waals surface area contributed by atoms with Crippen molar-refractivity contribution >= 4 is 5.91 Å². The Bertz CT molecular complexity index is 473. The van der Waals surface area contributed by atoms with E-state index >= 15 is 0 Å². The third-order valence-electron chi connectivity index (χ3n) is 3.86. The first-order chi connectivity index (χ1) is 9.02. The van der Waals surface area contributed by atoms with Crippen LogP contribution in [0.3, 0.4) is 0 Å². The quantitative estimate of drug-likeness (QED) is 0.841. The number of halogens is 1. The van der Waals surface area contributed by atoms with Crippen molar-refractivity contribution in [2.45, 2.75) is 20.3 Å². The fourth-order valence-corrected chi connectivity index (χ4v) is 2.48. The maximum absolute atomic E-state index is 13.9.